The molecule has 1 atom stereocenters. The third-order valence-electron chi connectivity index (χ3n) is 4.11. The number of aryl methyl sites for hydroxylation is 3. The van der Waals surface area contributed by atoms with Crippen LogP contribution in [0.25, 0.3) is 0 Å². The van der Waals surface area contributed by atoms with Crippen molar-refractivity contribution < 1.29 is 9.59 Å². The molecule has 0 aliphatic carbocycles. The first-order valence-electron chi connectivity index (χ1n) is 8.53. The summed E-state index contributed by atoms with van der Waals surface area (Å²) in [6.45, 7) is 9.70. The second-order valence-electron chi connectivity index (χ2n) is 6.88. The van der Waals surface area contributed by atoms with Crippen molar-refractivity contribution in [2.45, 2.75) is 40.7 Å². The zero-order chi connectivity index (χ0) is 18.6. The van der Waals surface area contributed by atoms with Crippen molar-refractivity contribution in [1.82, 2.24) is 5.32 Å². The lowest BCUT2D eigenvalue weighted by atomic mass is 10.0. The Balaban J connectivity index is 2.15. The van der Waals surface area contributed by atoms with Crippen molar-refractivity contribution in [2.75, 3.05) is 5.32 Å². The molecule has 2 N–H and O–H groups in total. The van der Waals surface area contributed by atoms with Crippen LogP contribution in [0.2, 0.25) is 0 Å². The lowest BCUT2D eigenvalue weighted by Gasteiger charge is -2.22. The average Bonchev–Trinajstić information content (AvgIpc) is 2.51. The molecule has 0 bridgehead atoms. The van der Waals surface area contributed by atoms with Crippen molar-refractivity contribution >= 4 is 17.5 Å². The minimum absolute atomic E-state index is 0.0288. The summed E-state index contributed by atoms with van der Waals surface area (Å²) in [7, 11) is 0. The molecule has 0 aromatic heterocycles. The maximum atomic E-state index is 12.7. The van der Waals surface area contributed by atoms with E-state index in [9.17, 15) is 9.59 Å². The van der Waals surface area contributed by atoms with Gasteiger partial charge in [0.15, 0.2) is 0 Å². The first kappa shape index (κ1) is 18.7. The lowest BCUT2D eigenvalue weighted by Crippen LogP contribution is -2.47. The molecule has 0 radical (unpaired) electrons. The summed E-state index contributed by atoms with van der Waals surface area (Å²) in [6.07, 6.45) is 0. The number of anilines is 1. The quantitative estimate of drug-likeness (QED) is 0.865. The van der Waals surface area contributed by atoms with Crippen LogP contribution in [0.5, 0.6) is 0 Å². The molecule has 0 saturated carbocycles. The summed E-state index contributed by atoms with van der Waals surface area (Å²) in [5, 5.41) is 5.79. The third-order valence-corrected chi connectivity index (χ3v) is 4.11. The monoisotopic (exact) mass is 338 g/mol. The zero-order valence-corrected chi connectivity index (χ0v) is 15.5. The van der Waals surface area contributed by atoms with Crippen LogP contribution < -0.4 is 10.6 Å². The SMILES string of the molecule is Cc1cc(C)cc(NC(=O)C(NC(=O)c2ccccc2C)C(C)C)c1. The van der Waals surface area contributed by atoms with Crippen molar-refractivity contribution in [2.24, 2.45) is 5.92 Å². The largest absolute Gasteiger partial charge is 0.340 e. The molecule has 0 aliphatic heterocycles. The topological polar surface area (TPSA) is 58.2 Å². The molecule has 0 fully saturated rings. The van der Waals surface area contributed by atoms with Gasteiger partial charge in [-0.25, -0.2) is 0 Å². The molecular formula is C21H26N2O2. The van der Waals surface area contributed by atoms with Gasteiger partial charge in [-0.05, 0) is 61.6 Å². The number of benzene rings is 2. The zero-order valence-electron chi connectivity index (χ0n) is 15.5. The van der Waals surface area contributed by atoms with Crippen LogP contribution in [0.15, 0.2) is 42.5 Å². The number of carbonyl (C=O) groups excluding carboxylic acids is 2. The molecule has 1 unspecified atom stereocenters. The third kappa shape index (κ3) is 4.92. The fourth-order valence-electron chi connectivity index (χ4n) is 2.85. The molecule has 2 aromatic rings. The van der Waals surface area contributed by atoms with Crippen molar-refractivity contribution in [3.63, 3.8) is 0 Å². The number of hydrogen-bond donors (Lipinski definition) is 2. The van der Waals surface area contributed by atoms with Gasteiger partial charge < -0.3 is 10.6 Å². The van der Waals surface area contributed by atoms with E-state index in [-0.39, 0.29) is 17.7 Å². The molecule has 2 rings (SSSR count). The highest BCUT2D eigenvalue weighted by atomic mass is 16.2. The molecule has 4 heteroatoms. The van der Waals surface area contributed by atoms with Crippen LogP contribution in [0.1, 0.15) is 40.9 Å². The summed E-state index contributed by atoms with van der Waals surface area (Å²) < 4.78 is 0. The number of carbonyl (C=O) groups is 2. The Bertz CT molecular complexity index is 761. The van der Waals surface area contributed by atoms with Crippen LogP contribution in [0.3, 0.4) is 0 Å². The van der Waals surface area contributed by atoms with E-state index in [1.54, 1.807) is 6.07 Å². The normalized spacial score (nSPS) is 11.9. The fourth-order valence-corrected chi connectivity index (χ4v) is 2.85. The molecular weight excluding hydrogens is 312 g/mol. The maximum absolute atomic E-state index is 12.7. The van der Waals surface area contributed by atoms with Crippen LogP contribution in [0.4, 0.5) is 5.69 Å². The van der Waals surface area contributed by atoms with Crippen LogP contribution in [0, 0.1) is 26.7 Å². The Labute approximate surface area is 149 Å². The summed E-state index contributed by atoms with van der Waals surface area (Å²) in [5.74, 6) is -0.465. The number of amides is 2. The molecule has 2 amide bonds. The highest BCUT2D eigenvalue weighted by molar-refractivity contribution is 6.02. The van der Waals surface area contributed by atoms with Gasteiger partial charge in [0.2, 0.25) is 5.91 Å². The van der Waals surface area contributed by atoms with Gasteiger partial charge in [0.1, 0.15) is 6.04 Å². The van der Waals surface area contributed by atoms with Gasteiger partial charge in [-0.2, -0.15) is 0 Å². The highest BCUT2D eigenvalue weighted by Gasteiger charge is 2.25. The van der Waals surface area contributed by atoms with Gasteiger partial charge in [-0.15, -0.1) is 0 Å². The predicted molar refractivity (Wildman–Crippen MR) is 102 cm³/mol. The second-order valence-corrected chi connectivity index (χ2v) is 6.88. The van der Waals surface area contributed by atoms with Crippen LogP contribution >= 0.6 is 0 Å². The van der Waals surface area contributed by atoms with Gasteiger partial charge in [-0.1, -0.05) is 38.1 Å². The van der Waals surface area contributed by atoms with Gasteiger partial charge in [0.25, 0.3) is 5.91 Å². The van der Waals surface area contributed by atoms with E-state index < -0.39 is 6.04 Å². The van der Waals surface area contributed by atoms with E-state index in [1.165, 1.54) is 0 Å². The first-order chi connectivity index (χ1) is 11.8. The molecule has 0 aliphatic rings. The van der Waals surface area contributed by atoms with E-state index in [0.717, 1.165) is 22.4 Å². The molecule has 2 aromatic carbocycles. The van der Waals surface area contributed by atoms with E-state index in [2.05, 4.69) is 16.7 Å². The van der Waals surface area contributed by atoms with Crippen LogP contribution in [-0.2, 0) is 4.79 Å². The Morgan fingerprint density at radius 3 is 2.08 bits per heavy atom. The minimum Gasteiger partial charge on any atom is -0.340 e. The number of rotatable bonds is 5. The van der Waals surface area contributed by atoms with Crippen LogP contribution in [-0.4, -0.2) is 17.9 Å². The Kier molecular flexibility index (Phi) is 5.97. The van der Waals surface area contributed by atoms with Crippen molar-refractivity contribution in [3.8, 4) is 0 Å². The summed E-state index contributed by atoms with van der Waals surface area (Å²) in [4.78, 5) is 25.3. The van der Waals surface area contributed by atoms with E-state index in [0.29, 0.717) is 5.56 Å². The van der Waals surface area contributed by atoms with Gasteiger partial charge in [-0.3, -0.25) is 9.59 Å². The smallest absolute Gasteiger partial charge is 0.252 e. The minimum atomic E-state index is -0.604. The van der Waals surface area contributed by atoms with E-state index in [1.807, 2.05) is 65.0 Å². The fraction of sp³-hybridized carbons (Fsp3) is 0.333. The molecule has 132 valence electrons. The maximum Gasteiger partial charge on any atom is 0.252 e. The average molecular weight is 338 g/mol. The standard InChI is InChI=1S/C21H26N2O2/c1-13(2)19(23-20(24)18-9-7-6-8-16(18)5)21(25)22-17-11-14(3)10-15(4)12-17/h6-13,19H,1-5H3,(H,22,25)(H,23,24). The second kappa shape index (κ2) is 7.97. The molecule has 0 heterocycles. The van der Waals surface area contributed by atoms with Gasteiger partial charge >= 0.3 is 0 Å². The molecule has 4 nitrogen and oxygen atoms in total. The summed E-state index contributed by atoms with van der Waals surface area (Å²) >= 11 is 0. The Morgan fingerprint density at radius 2 is 1.52 bits per heavy atom. The van der Waals surface area contributed by atoms with Crippen molar-refractivity contribution in [3.05, 3.63) is 64.7 Å². The van der Waals surface area contributed by atoms with Gasteiger partial charge in [0.05, 0.1) is 0 Å². The Hall–Kier alpha value is -2.62. The Morgan fingerprint density at radius 1 is 0.920 bits per heavy atom. The molecule has 0 spiro atoms. The number of nitrogens with one attached hydrogen (secondary N) is 2. The number of hydrogen-bond acceptors (Lipinski definition) is 2. The predicted octanol–water partition coefficient (Wildman–Crippen LogP) is 4.00. The van der Waals surface area contributed by atoms with Crippen molar-refractivity contribution in [1.29, 1.82) is 0 Å². The van der Waals surface area contributed by atoms with E-state index in [4.69, 9.17) is 0 Å². The molecule has 0 saturated heterocycles. The first-order valence-corrected chi connectivity index (χ1v) is 8.53. The highest BCUT2D eigenvalue weighted by Crippen LogP contribution is 2.16. The van der Waals surface area contributed by atoms with E-state index >= 15 is 0 Å². The summed E-state index contributed by atoms with van der Waals surface area (Å²) in [6, 6.07) is 12.7. The molecule has 25 heavy (non-hydrogen) atoms. The lowest BCUT2D eigenvalue weighted by molar-refractivity contribution is -0.118. The van der Waals surface area contributed by atoms with Gasteiger partial charge in [0, 0.05) is 11.3 Å². The summed E-state index contributed by atoms with van der Waals surface area (Å²) in [5.41, 5.74) is 4.39.